The molecule has 12 heteroatoms. The summed E-state index contributed by atoms with van der Waals surface area (Å²) in [5, 5.41) is 19.7. The normalized spacial score (nSPS) is 17.7. The van der Waals surface area contributed by atoms with Crippen molar-refractivity contribution in [1.29, 1.82) is 5.26 Å². The second kappa shape index (κ2) is 14.7. The number of nitriles is 1. The number of ether oxygens (including phenoxy) is 1. The summed E-state index contributed by atoms with van der Waals surface area (Å²) >= 11 is 0. The summed E-state index contributed by atoms with van der Waals surface area (Å²) in [7, 11) is 0. The number of carboxylic acid groups (broad SMARTS) is 1. The zero-order valence-electron chi connectivity index (χ0n) is 30.5. The van der Waals surface area contributed by atoms with Crippen LogP contribution in [0.1, 0.15) is 47.1 Å². The summed E-state index contributed by atoms with van der Waals surface area (Å²) in [5.74, 6) is 0.182. The fraction of sp³-hybridized carbons (Fsp3) is 0.302. The van der Waals surface area contributed by atoms with Gasteiger partial charge < -0.3 is 18.7 Å². The highest BCUT2D eigenvalue weighted by molar-refractivity contribution is 5.86. The number of aliphatic carboxylic acids is 1. The highest BCUT2D eigenvalue weighted by Crippen LogP contribution is 2.39. The molecular formula is C43H39F2N5O5. The van der Waals surface area contributed by atoms with E-state index in [9.17, 15) is 23.9 Å². The molecule has 2 aliphatic heterocycles. The molecule has 55 heavy (non-hydrogen) atoms. The standard InChI is InChI=1S/C43H39F2N5O5/c1-4-26-13-15-49(21-26)22-27-16-28(20-46)39-35(17-27)48-41(55-39)33-11-6-9-31(25(33)3)30-8-5-10-32(24(30)2)40-47-34-18-29(23-50-14-7-12-36(50)42(51)52)37(54-43(44)45)19-38(34)53-40/h4-6,8-11,16-19,26,36,43H,1,7,12-15,21-23H2,2-3H3,(H,51,52)/t26?,36-/m0/s1. The largest absolute Gasteiger partial charge is 0.480 e. The Morgan fingerprint density at radius 1 is 0.982 bits per heavy atom. The smallest absolute Gasteiger partial charge is 0.387 e. The second-order valence-electron chi connectivity index (χ2n) is 14.4. The number of carboxylic acids is 1. The van der Waals surface area contributed by atoms with Crippen LogP contribution in [0.5, 0.6) is 5.75 Å². The number of nitrogens with zero attached hydrogens (tertiary/aromatic N) is 5. The number of halogens is 2. The molecule has 0 amide bonds. The molecule has 4 aromatic carbocycles. The summed E-state index contributed by atoms with van der Waals surface area (Å²) in [6.07, 6.45) is 4.28. The van der Waals surface area contributed by atoms with Crippen molar-refractivity contribution in [2.45, 2.75) is 58.9 Å². The van der Waals surface area contributed by atoms with Crippen molar-refractivity contribution in [3.63, 3.8) is 0 Å². The first-order valence-corrected chi connectivity index (χ1v) is 18.3. The van der Waals surface area contributed by atoms with E-state index in [2.05, 4.69) is 17.5 Å². The average Bonchev–Trinajstić information content (AvgIpc) is 3.98. The van der Waals surface area contributed by atoms with Crippen molar-refractivity contribution in [2.75, 3.05) is 19.6 Å². The first-order valence-electron chi connectivity index (χ1n) is 18.3. The highest BCUT2D eigenvalue weighted by atomic mass is 19.3. The van der Waals surface area contributed by atoms with Crippen LogP contribution in [0.2, 0.25) is 0 Å². The molecule has 8 rings (SSSR count). The number of likely N-dealkylation sites (tertiary alicyclic amines) is 2. The van der Waals surface area contributed by atoms with Crippen LogP contribution in [0.25, 0.3) is 56.2 Å². The van der Waals surface area contributed by atoms with Gasteiger partial charge in [-0.3, -0.25) is 14.6 Å². The monoisotopic (exact) mass is 743 g/mol. The Bertz CT molecular complexity index is 2500. The summed E-state index contributed by atoms with van der Waals surface area (Å²) < 4.78 is 44.4. The second-order valence-corrected chi connectivity index (χ2v) is 14.4. The van der Waals surface area contributed by atoms with Gasteiger partial charge in [0.25, 0.3) is 0 Å². The molecule has 2 aliphatic rings. The Morgan fingerprint density at radius 3 is 2.33 bits per heavy atom. The maximum absolute atomic E-state index is 13.5. The lowest BCUT2D eigenvalue weighted by molar-refractivity contribution is -0.142. The fourth-order valence-electron chi connectivity index (χ4n) is 8.11. The Kier molecular flexibility index (Phi) is 9.67. The Balaban J connectivity index is 1.12. The SMILES string of the molecule is C=CC1CCN(Cc2cc(C#N)c3oc(-c4cccc(-c5cccc(-c6nc7cc(CN8CCC[C@H]8C(=O)O)c(OC(F)F)cc7o6)c5C)c4C)nc3c2)C1. The quantitative estimate of drug-likeness (QED) is 0.128. The van der Waals surface area contributed by atoms with Crippen LogP contribution in [0.15, 0.2) is 82.2 Å². The fourth-order valence-corrected chi connectivity index (χ4v) is 8.11. The number of aromatic nitrogens is 2. The lowest BCUT2D eigenvalue weighted by atomic mass is 9.91. The minimum Gasteiger partial charge on any atom is -0.480 e. The van der Waals surface area contributed by atoms with Gasteiger partial charge in [-0.25, -0.2) is 9.97 Å². The Hall–Kier alpha value is -5.90. The molecule has 4 heterocycles. The zero-order chi connectivity index (χ0) is 38.4. The van der Waals surface area contributed by atoms with Crippen LogP contribution >= 0.6 is 0 Å². The van der Waals surface area contributed by atoms with Crippen LogP contribution in [0.4, 0.5) is 8.78 Å². The molecule has 1 N–H and O–H groups in total. The first kappa shape index (κ1) is 36.1. The maximum atomic E-state index is 13.5. The van der Waals surface area contributed by atoms with Crippen LogP contribution in [0.3, 0.4) is 0 Å². The molecule has 0 bridgehead atoms. The van der Waals surface area contributed by atoms with Gasteiger partial charge in [-0.2, -0.15) is 14.0 Å². The Labute approximate surface area is 316 Å². The van der Waals surface area contributed by atoms with Crippen LogP contribution in [0, 0.1) is 31.1 Å². The number of carbonyl (C=O) groups is 1. The number of fused-ring (bicyclic) bond motifs is 2. The molecule has 1 unspecified atom stereocenters. The van der Waals surface area contributed by atoms with Gasteiger partial charge in [0.1, 0.15) is 28.9 Å². The minimum atomic E-state index is -3.07. The molecule has 0 aliphatic carbocycles. The molecule has 0 spiro atoms. The van der Waals surface area contributed by atoms with Crippen molar-refractivity contribution < 1.29 is 32.3 Å². The van der Waals surface area contributed by atoms with Crippen LogP contribution < -0.4 is 4.74 Å². The third-order valence-corrected chi connectivity index (χ3v) is 10.9. The van der Waals surface area contributed by atoms with E-state index in [1.165, 1.54) is 6.07 Å². The van der Waals surface area contributed by atoms with E-state index in [4.69, 9.17) is 23.5 Å². The average molecular weight is 744 g/mol. The molecule has 10 nitrogen and oxygen atoms in total. The maximum Gasteiger partial charge on any atom is 0.387 e. The number of benzene rings is 4. The first-order chi connectivity index (χ1) is 26.6. The summed E-state index contributed by atoms with van der Waals surface area (Å²) in [5.41, 5.74) is 8.85. The van der Waals surface area contributed by atoms with Gasteiger partial charge in [0.15, 0.2) is 11.2 Å². The topological polar surface area (TPSA) is 129 Å². The Morgan fingerprint density at radius 2 is 1.67 bits per heavy atom. The van der Waals surface area contributed by atoms with Crippen molar-refractivity contribution in [3.8, 4) is 45.9 Å². The number of hydrogen-bond donors (Lipinski definition) is 1. The lowest BCUT2D eigenvalue weighted by Crippen LogP contribution is -2.35. The third kappa shape index (κ3) is 6.97. The molecule has 2 atom stereocenters. The molecule has 2 fully saturated rings. The van der Waals surface area contributed by atoms with Gasteiger partial charge >= 0.3 is 12.6 Å². The zero-order valence-corrected chi connectivity index (χ0v) is 30.5. The van der Waals surface area contributed by atoms with Gasteiger partial charge in [-0.15, -0.1) is 6.58 Å². The van der Waals surface area contributed by atoms with E-state index >= 15 is 0 Å². The molecule has 0 saturated carbocycles. The van der Waals surface area contributed by atoms with Crippen molar-refractivity contribution in [3.05, 3.63) is 101 Å². The van der Waals surface area contributed by atoms with E-state index in [1.807, 2.05) is 68.5 Å². The predicted octanol–water partition coefficient (Wildman–Crippen LogP) is 9.12. The third-order valence-electron chi connectivity index (χ3n) is 10.9. The van der Waals surface area contributed by atoms with Gasteiger partial charge in [0.05, 0.1) is 5.56 Å². The van der Waals surface area contributed by atoms with Crippen LogP contribution in [-0.2, 0) is 17.9 Å². The van der Waals surface area contributed by atoms with Crippen LogP contribution in [-0.4, -0.2) is 63.1 Å². The number of hydrogen-bond acceptors (Lipinski definition) is 9. The van der Waals surface area contributed by atoms with E-state index in [0.29, 0.717) is 70.4 Å². The van der Waals surface area contributed by atoms with E-state index in [1.54, 1.807) is 11.0 Å². The predicted molar refractivity (Wildman–Crippen MR) is 203 cm³/mol. The van der Waals surface area contributed by atoms with Gasteiger partial charge in [0, 0.05) is 42.4 Å². The van der Waals surface area contributed by atoms with E-state index in [-0.39, 0.29) is 17.9 Å². The summed E-state index contributed by atoms with van der Waals surface area (Å²) in [4.78, 5) is 25.6. The number of oxazole rings is 2. The molecule has 6 aromatic rings. The molecule has 0 radical (unpaired) electrons. The molecule has 2 aromatic heterocycles. The van der Waals surface area contributed by atoms with Crippen molar-refractivity contribution >= 4 is 28.2 Å². The van der Waals surface area contributed by atoms with Gasteiger partial charge in [-0.1, -0.05) is 30.3 Å². The molecule has 280 valence electrons. The van der Waals surface area contributed by atoms with Crippen molar-refractivity contribution in [2.24, 2.45) is 5.92 Å². The number of rotatable bonds is 11. The van der Waals surface area contributed by atoms with E-state index < -0.39 is 18.6 Å². The molecular weight excluding hydrogens is 704 g/mol. The summed E-state index contributed by atoms with van der Waals surface area (Å²) in [6, 6.07) is 20.3. The summed E-state index contributed by atoms with van der Waals surface area (Å²) in [6.45, 7) is 8.15. The lowest BCUT2D eigenvalue weighted by Gasteiger charge is -2.22. The van der Waals surface area contributed by atoms with Gasteiger partial charge in [-0.05, 0) is 110 Å². The highest BCUT2D eigenvalue weighted by Gasteiger charge is 2.32. The molecule has 2 saturated heterocycles. The minimum absolute atomic E-state index is 0.0790. The van der Waals surface area contributed by atoms with E-state index in [0.717, 1.165) is 59.4 Å². The van der Waals surface area contributed by atoms with Crippen molar-refractivity contribution in [1.82, 2.24) is 19.8 Å². The number of alkyl halides is 2. The van der Waals surface area contributed by atoms with Gasteiger partial charge in [0.2, 0.25) is 11.8 Å².